The van der Waals surface area contributed by atoms with E-state index in [4.69, 9.17) is 5.26 Å². The molecule has 1 aromatic rings. The zero-order valence-corrected chi connectivity index (χ0v) is 12.9. The molecule has 2 amide bonds. The maximum atomic E-state index is 11.8. The van der Waals surface area contributed by atoms with Crippen molar-refractivity contribution in [2.24, 2.45) is 0 Å². The molecule has 7 heteroatoms. The number of rotatable bonds is 6. The lowest BCUT2D eigenvalue weighted by Gasteiger charge is -2.18. The topological polar surface area (TPSA) is 73.2 Å². The van der Waals surface area contributed by atoms with Gasteiger partial charge in [0.15, 0.2) is 0 Å². The molecule has 1 heterocycles. The number of carbonyl (C=O) groups is 2. The Morgan fingerprint density at radius 3 is 2.79 bits per heavy atom. The molecule has 0 aliphatic rings. The van der Waals surface area contributed by atoms with Crippen LogP contribution in [0.1, 0.15) is 23.0 Å². The highest BCUT2D eigenvalue weighted by molar-refractivity contribution is 9.11. The van der Waals surface area contributed by atoms with Crippen molar-refractivity contribution in [2.75, 3.05) is 19.6 Å². The molecule has 0 bridgehead atoms. The lowest BCUT2D eigenvalue weighted by Crippen LogP contribution is -2.40. The Bertz CT molecular complexity index is 495. The minimum atomic E-state index is -0.280. The summed E-state index contributed by atoms with van der Waals surface area (Å²) in [4.78, 5) is 25.5. The molecule has 1 rings (SSSR count). The van der Waals surface area contributed by atoms with Crippen molar-refractivity contribution in [3.8, 4) is 6.07 Å². The van der Waals surface area contributed by atoms with Crippen LogP contribution >= 0.6 is 27.3 Å². The van der Waals surface area contributed by atoms with Crippen LogP contribution in [0.15, 0.2) is 15.9 Å². The monoisotopic (exact) mass is 343 g/mol. The van der Waals surface area contributed by atoms with Crippen LogP contribution in [0, 0.1) is 11.3 Å². The van der Waals surface area contributed by atoms with Crippen molar-refractivity contribution in [1.29, 1.82) is 5.26 Å². The molecule has 0 aliphatic carbocycles. The largest absolute Gasteiger partial charge is 0.342 e. The summed E-state index contributed by atoms with van der Waals surface area (Å²) in [5, 5.41) is 11.2. The Balaban J connectivity index is 2.49. The molecule has 19 heavy (non-hydrogen) atoms. The van der Waals surface area contributed by atoms with Crippen molar-refractivity contribution in [2.45, 2.75) is 13.3 Å². The Kier molecular flexibility index (Phi) is 6.53. The third kappa shape index (κ3) is 5.01. The third-order valence-corrected chi connectivity index (χ3v) is 3.93. The lowest BCUT2D eigenvalue weighted by atomic mass is 10.3. The maximum Gasteiger partial charge on any atom is 0.261 e. The van der Waals surface area contributed by atoms with E-state index in [2.05, 4.69) is 21.2 Å². The van der Waals surface area contributed by atoms with Crippen LogP contribution in [-0.2, 0) is 4.79 Å². The van der Waals surface area contributed by atoms with Gasteiger partial charge in [-0.05, 0) is 34.5 Å². The van der Waals surface area contributed by atoms with Gasteiger partial charge in [0.2, 0.25) is 5.91 Å². The molecule has 0 unspecified atom stereocenters. The smallest absolute Gasteiger partial charge is 0.261 e. The molecule has 0 radical (unpaired) electrons. The fourth-order valence-electron chi connectivity index (χ4n) is 1.44. The SMILES string of the molecule is CCCN(CC#N)C(=O)CNC(=O)c1ccc(Br)s1. The van der Waals surface area contributed by atoms with Crippen molar-refractivity contribution < 1.29 is 9.59 Å². The van der Waals surface area contributed by atoms with Crippen LogP contribution in [0.5, 0.6) is 0 Å². The predicted octanol–water partition coefficient (Wildman–Crippen LogP) is 2.00. The normalized spacial score (nSPS) is 9.74. The van der Waals surface area contributed by atoms with Crippen LogP contribution < -0.4 is 5.32 Å². The van der Waals surface area contributed by atoms with Gasteiger partial charge >= 0.3 is 0 Å². The van der Waals surface area contributed by atoms with Crippen molar-refractivity contribution in [3.63, 3.8) is 0 Å². The molecule has 0 saturated carbocycles. The van der Waals surface area contributed by atoms with Crippen LogP contribution in [0.25, 0.3) is 0 Å². The number of carbonyl (C=O) groups excluding carboxylic acids is 2. The average Bonchev–Trinajstić information content (AvgIpc) is 2.82. The van der Waals surface area contributed by atoms with Gasteiger partial charge in [-0.25, -0.2) is 0 Å². The van der Waals surface area contributed by atoms with Gasteiger partial charge < -0.3 is 10.2 Å². The zero-order valence-electron chi connectivity index (χ0n) is 10.5. The van der Waals surface area contributed by atoms with E-state index in [0.717, 1.165) is 10.2 Å². The van der Waals surface area contributed by atoms with E-state index in [1.807, 2.05) is 13.0 Å². The van der Waals surface area contributed by atoms with Crippen molar-refractivity contribution in [1.82, 2.24) is 10.2 Å². The van der Waals surface area contributed by atoms with Gasteiger partial charge in [-0.3, -0.25) is 9.59 Å². The zero-order chi connectivity index (χ0) is 14.3. The average molecular weight is 344 g/mol. The van der Waals surface area contributed by atoms with E-state index < -0.39 is 0 Å². The van der Waals surface area contributed by atoms with E-state index in [1.165, 1.54) is 16.2 Å². The van der Waals surface area contributed by atoms with Gasteiger partial charge in [0.25, 0.3) is 5.91 Å². The highest BCUT2D eigenvalue weighted by atomic mass is 79.9. The summed E-state index contributed by atoms with van der Waals surface area (Å²) in [5.74, 6) is -0.523. The quantitative estimate of drug-likeness (QED) is 0.803. The van der Waals surface area contributed by atoms with E-state index in [1.54, 1.807) is 12.1 Å². The second-order valence-corrected chi connectivity index (χ2v) is 6.22. The molecular formula is C12H14BrN3O2S. The Labute approximate surface area is 124 Å². The minimum Gasteiger partial charge on any atom is -0.342 e. The molecule has 1 N–H and O–H groups in total. The Morgan fingerprint density at radius 2 is 2.26 bits per heavy atom. The molecule has 0 atom stereocenters. The number of thiophene rings is 1. The van der Waals surface area contributed by atoms with Crippen LogP contribution in [0.2, 0.25) is 0 Å². The Hall–Kier alpha value is -1.39. The summed E-state index contributed by atoms with van der Waals surface area (Å²) in [5.41, 5.74) is 0. The fourth-order valence-corrected chi connectivity index (χ4v) is 2.74. The molecule has 0 aromatic carbocycles. The lowest BCUT2D eigenvalue weighted by molar-refractivity contribution is -0.129. The summed E-state index contributed by atoms with van der Waals surface area (Å²) in [6, 6.07) is 5.41. The van der Waals surface area contributed by atoms with Gasteiger partial charge in [-0.15, -0.1) is 11.3 Å². The highest BCUT2D eigenvalue weighted by Gasteiger charge is 2.14. The first-order valence-electron chi connectivity index (χ1n) is 5.76. The first-order valence-corrected chi connectivity index (χ1v) is 7.37. The number of halogens is 1. The first kappa shape index (κ1) is 15.7. The summed E-state index contributed by atoms with van der Waals surface area (Å²) in [7, 11) is 0. The number of hydrogen-bond donors (Lipinski definition) is 1. The summed E-state index contributed by atoms with van der Waals surface area (Å²) in [6.07, 6.45) is 0.777. The van der Waals surface area contributed by atoms with E-state index in [9.17, 15) is 9.59 Å². The summed E-state index contributed by atoms with van der Waals surface area (Å²) < 4.78 is 0.862. The number of nitriles is 1. The van der Waals surface area contributed by atoms with Gasteiger partial charge in [-0.1, -0.05) is 6.92 Å². The van der Waals surface area contributed by atoms with Crippen molar-refractivity contribution in [3.05, 3.63) is 20.8 Å². The second kappa shape index (κ2) is 7.92. The van der Waals surface area contributed by atoms with Crippen molar-refractivity contribution >= 4 is 39.1 Å². The third-order valence-electron chi connectivity index (χ3n) is 2.30. The predicted molar refractivity (Wildman–Crippen MR) is 76.8 cm³/mol. The molecule has 0 spiro atoms. The molecule has 0 aliphatic heterocycles. The van der Waals surface area contributed by atoms with Crippen LogP contribution in [-0.4, -0.2) is 36.3 Å². The van der Waals surface area contributed by atoms with Gasteiger partial charge in [0.1, 0.15) is 6.54 Å². The van der Waals surface area contributed by atoms with Gasteiger partial charge in [0.05, 0.1) is 21.3 Å². The maximum absolute atomic E-state index is 11.8. The number of amides is 2. The molecular weight excluding hydrogens is 330 g/mol. The molecule has 102 valence electrons. The number of nitrogens with one attached hydrogen (secondary N) is 1. The number of hydrogen-bond acceptors (Lipinski definition) is 4. The molecule has 5 nitrogen and oxygen atoms in total. The molecule has 0 fully saturated rings. The van der Waals surface area contributed by atoms with Crippen LogP contribution in [0.4, 0.5) is 0 Å². The Morgan fingerprint density at radius 1 is 1.53 bits per heavy atom. The number of nitrogens with zero attached hydrogens (tertiary/aromatic N) is 2. The molecule has 1 aromatic heterocycles. The van der Waals surface area contributed by atoms with E-state index >= 15 is 0 Å². The summed E-state index contributed by atoms with van der Waals surface area (Å²) in [6.45, 7) is 2.41. The minimum absolute atomic E-state index is 0.0487. The van der Waals surface area contributed by atoms with E-state index in [-0.39, 0.29) is 24.9 Å². The fraction of sp³-hybridized carbons (Fsp3) is 0.417. The van der Waals surface area contributed by atoms with E-state index in [0.29, 0.717) is 11.4 Å². The second-order valence-electron chi connectivity index (χ2n) is 3.76. The first-order chi connectivity index (χ1) is 9.08. The molecule has 0 saturated heterocycles. The van der Waals surface area contributed by atoms with Gasteiger partial charge in [-0.2, -0.15) is 5.26 Å². The standard InChI is InChI=1S/C12H14BrN3O2S/c1-2-6-16(7-5-14)11(17)8-15-12(18)9-3-4-10(13)19-9/h3-4H,2,6-8H2,1H3,(H,15,18). The van der Waals surface area contributed by atoms with Gasteiger partial charge in [0, 0.05) is 6.54 Å². The van der Waals surface area contributed by atoms with Crippen LogP contribution in [0.3, 0.4) is 0 Å². The summed E-state index contributed by atoms with van der Waals surface area (Å²) >= 11 is 4.58. The highest BCUT2D eigenvalue weighted by Crippen LogP contribution is 2.21.